The zero-order chi connectivity index (χ0) is 8.97. The molecule has 0 aliphatic carbocycles. The van der Waals surface area contributed by atoms with Crippen molar-refractivity contribution in [3.63, 3.8) is 0 Å². The van der Waals surface area contributed by atoms with Crippen LogP contribution in [0.2, 0.25) is 0 Å². The molecule has 0 fully saturated rings. The van der Waals surface area contributed by atoms with Crippen LogP contribution in [0.3, 0.4) is 0 Å². The van der Waals surface area contributed by atoms with Crippen molar-refractivity contribution in [1.82, 2.24) is 0 Å². The minimum Gasteiger partial charge on any atom is -0.485 e. The molecule has 66 valence electrons. The first kappa shape index (κ1) is 8.80. The Hall–Kier alpha value is -1.29. The smallest absolute Gasteiger partial charge is 0.226 e. The summed E-state index contributed by atoms with van der Waals surface area (Å²) in [6.45, 7) is 2.39. The van der Waals surface area contributed by atoms with Gasteiger partial charge in [0.1, 0.15) is 12.4 Å². The van der Waals surface area contributed by atoms with Crippen LogP contribution in [0.15, 0.2) is 21.5 Å². The first-order chi connectivity index (χ1) is 5.75. The summed E-state index contributed by atoms with van der Waals surface area (Å²) in [6.07, 6.45) is 1.34. The minimum atomic E-state index is -0.174. The Bertz CT molecular complexity index is 305. The zero-order valence-corrected chi connectivity index (χ0v) is 6.87. The van der Waals surface area contributed by atoms with Gasteiger partial charge in [0.05, 0.1) is 6.26 Å². The minimum absolute atomic E-state index is 0.174. The maximum atomic E-state index is 11.1. The lowest BCUT2D eigenvalue weighted by Gasteiger charge is -2.04. The van der Waals surface area contributed by atoms with Crippen LogP contribution in [0, 0.1) is 6.92 Å². The van der Waals surface area contributed by atoms with Crippen LogP contribution in [0.1, 0.15) is 5.76 Å². The fourth-order valence-corrected chi connectivity index (χ4v) is 0.834. The van der Waals surface area contributed by atoms with Crippen molar-refractivity contribution in [3.8, 4) is 5.75 Å². The molecule has 0 atom stereocenters. The van der Waals surface area contributed by atoms with Gasteiger partial charge in [-0.05, 0) is 6.92 Å². The van der Waals surface area contributed by atoms with Crippen LogP contribution in [0.25, 0.3) is 0 Å². The van der Waals surface area contributed by atoms with E-state index in [1.54, 1.807) is 6.92 Å². The summed E-state index contributed by atoms with van der Waals surface area (Å²) in [5, 5.41) is 0. The summed E-state index contributed by atoms with van der Waals surface area (Å²) < 4.78 is 10.1. The van der Waals surface area contributed by atoms with E-state index in [-0.39, 0.29) is 11.2 Å². The standard InChI is InChI=1S/C8H11NO3/c1-6-8(12-5-3-9)7(10)2-4-11-6/h2,4H,3,5,9H2,1H3. The Morgan fingerprint density at radius 3 is 3.00 bits per heavy atom. The number of hydrogen-bond donors (Lipinski definition) is 1. The topological polar surface area (TPSA) is 65.5 Å². The van der Waals surface area contributed by atoms with E-state index >= 15 is 0 Å². The second-order valence-corrected chi connectivity index (χ2v) is 2.31. The molecule has 12 heavy (non-hydrogen) atoms. The molecule has 0 unspecified atom stereocenters. The Morgan fingerprint density at radius 2 is 2.42 bits per heavy atom. The van der Waals surface area contributed by atoms with Gasteiger partial charge in [0.2, 0.25) is 11.2 Å². The van der Waals surface area contributed by atoms with Gasteiger partial charge in [-0.1, -0.05) is 0 Å². The van der Waals surface area contributed by atoms with Gasteiger partial charge >= 0.3 is 0 Å². The average molecular weight is 169 g/mol. The SMILES string of the molecule is Cc1occc(=O)c1OCCN. The second-order valence-electron chi connectivity index (χ2n) is 2.31. The number of ether oxygens (including phenoxy) is 1. The van der Waals surface area contributed by atoms with Gasteiger partial charge in [0.15, 0.2) is 0 Å². The van der Waals surface area contributed by atoms with Gasteiger partial charge in [-0.15, -0.1) is 0 Å². The third-order valence-corrected chi connectivity index (χ3v) is 1.37. The molecular weight excluding hydrogens is 158 g/mol. The molecule has 0 aliphatic heterocycles. The highest BCUT2D eigenvalue weighted by atomic mass is 16.5. The summed E-state index contributed by atoms with van der Waals surface area (Å²) in [5.74, 6) is 0.735. The predicted molar refractivity (Wildman–Crippen MR) is 44.3 cm³/mol. The van der Waals surface area contributed by atoms with E-state index in [2.05, 4.69) is 0 Å². The Labute approximate surface area is 69.9 Å². The molecule has 0 amide bonds. The third kappa shape index (κ3) is 1.85. The monoisotopic (exact) mass is 169 g/mol. The summed E-state index contributed by atoms with van der Waals surface area (Å²) in [5.41, 5.74) is 5.04. The van der Waals surface area contributed by atoms with Gasteiger partial charge in [-0.25, -0.2) is 0 Å². The molecule has 2 N–H and O–H groups in total. The summed E-state index contributed by atoms with van der Waals surface area (Å²) >= 11 is 0. The highest BCUT2D eigenvalue weighted by Crippen LogP contribution is 2.09. The van der Waals surface area contributed by atoms with E-state index in [4.69, 9.17) is 14.9 Å². The van der Waals surface area contributed by atoms with Crippen molar-refractivity contribution in [2.75, 3.05) is 13.2 Å². The summed E-state index contributed by atoms with van der Waals surface area (Å²) in [6, 6.07) is 1.32. The molecule has 1 aromatic rings. The molecule has 0 aromatic carbocycles. The molecule has 0 spiro atoms. The summed E-state index contributed by atoms with van der Waals surface area (Å²) in [4.78, 5) is 11.1. The van der Waals surface area contributed by atoms with Gasteiger partial charge in [-0.2, -0.15) is 0 Å². The highest BCUT2D eigenvalue weighted by Gasteiger charge is 2.04. The zero-order valence-electron chi connectivity index (χ0n) is 6.87. The largest absolute Gasteiger partial charge is 0.485 e. The van der Waals surface area contributed by atoms with Crippen LogP contribution in [0.4, 0.5) is 0 Å². The lowest BCUT2D eigenvalue weighted by molar-refractivity contribution is 0.306. The van der Waals surface area contributed by atoms with Gasteiger partial charge < -0.3 is 14.9 Å². The van der Waals surface area contributed by atoms with Crippen LogP contribution in [-0.4, -0.2) is 13.2 Å². The number of aryl methyl sites for hydroxylation is 1. The Morgan fingerprint density at radius 1 is 1.67 bits per heavy atom. The van der Waals surface area contributed by atoms with E-state index in [9.17, 15) is 4.79 Å². The molecule has 0 radical (unpaired) electrons. The maximum absolute atomic E-state index is 11.1. The molecule has 0 aliphatic rings. The molecule has 4 nitrogen and oxygen atoms in total. The van der Waals surface area contributed by atoms with E-state index in [0.29, 0.717) is 18.9 Å². The van der Waals surface area contributed by atoms with E-state index in [0.717, 1.165) is 0 Å². The van der Waals surface area contributed by atoms with Crippen molar-refractivity contribution in [1.29, 1.82) is 0 Å². The van der Waals surface area contributed by atoms with E-state index < -0.39 is 0 Å². The van der Waals surface area contributed by atoms with Gasteiger partial charge in [0.25, 0.3) is 0 Å². The van der Waals surface area contributed by atoms with Crippen LogP contribution < -0.4 is 15.9 Å². The molecule has 1 heterocycles. The third-order valence-electron chi connectivity index (χ3n) is 1.37. The lowest BCUT2D eigenvalue weighted by Crippen LogP contribution is -2.15. The van der Waals surface area contributed by atoms with Crippen LogP contribution in [-0.2, 0) is 0 Å². The fraction of sp³-hybridized carbons (Fsp3) is 0.375. The average Bonchev–Trinajstić information content (AvgIpc) is 2.04. The Kier molecular flexibility index (Phi) is 2.88. The van der Waals surface area contributed by atoms with Crippen LogP contribution >= 0.6 is 0 Å². The molecule has 4 heteroatoms. The maximum Gasteiger partial charge on any atom is 0.226 e. The van der Waals surface area contributed by atoms with Crippen molar-refractivity contribution < 1.29 is 9.15 Å². The van der Waals surface area contributed by atoms with Crippen molar-refractivity contribution in [3.05, 3.63) is 28.3 Å². The van der Waals surface area contributed by atoms with Crippen molar-refractivity contribution in [2.45, 2.75) is 6.92 Å². The second kappa shape index (κ2) is 3.92. The Balaban J connectivity index is 2.89. The fourth-order valence-electron chi connectivity index (χ4n) is 0.834. The normalized spacial score (nSPS) is 9.83. The van der Waals surface area contributed by atoms with Gasteiger partial charge in [-0.3, -0.25) is 4.79 Å². The predicted octanol–water partition coefficient (Wildman–Crippen LogP) is 0.286. The van der Waals surface area contributed by atoms with Gasteiger partial charge in [0, 0.05) is 12.6 Å². The van der Waals surface area contributed by atoms with Crippen LogP contribution in [0.5, 0.6) is 5.75 Å². The quantitative estimate of drug-likeness (QED) is 0.706. The lowest BCUT2D eigenvalue weighted by atomic mass is 10.4. The molecule has 0 saturated carbocycles. The molecule has 0 saturated heterocycles. The molecule has 0 bridgehead atoms. The van der Waals surface area contributed by atoms with E-state index in [1.165, 1.54) is 12.3 Å². The number of nitrogens with two attached hydrogens (primary N) is 1. The first-order valence-electron chi connectivity index (χ1n) is 3.67. The highest BCUT2D eigenvalue weighted by molar-refractivity contribution is 5.22. The van der Waals surface area contributed by atoms with Crippen molar-refractivity contribution >= 4 is 0 Å². The molecule has 1 rings (SSSR count). The molecule has 1 aromatic heterocycles. The van der Waals surface area contributed by atoms with E-state index in [1.807, 2.05) is 0 Å². The summed E-state index contributed by atoms with van der Waals surface area (Å²) in [7, 11) is 0. The number of hydrogen-bond acceptors (Lipinski definition) is 4. The molecular formula is C8H11NO3. The van der Waals surface area contributed by atoms with Crippen molar-refractivity contribution in [2.24, 2.45) is 5.73 Å². The number of rotatable bonds is 3. The first-order valence-corrected chi connectivity index (χ1v) is 3.67.